The second-order valence-electron chi connectivity index (χ2n) is 5.77. The summed E-state index contributed by atoms with van der Waals surface area (Å²) in [4.78, 5) is 29.7. The van der Waals surface area contributed by atoms with Gasteiger partial charge in [0, 0.05) is 18.1 Å². The molecule has 3 aromatic rings. The smallest absolute Gasteiger partial charge is 0.257 e. The molecule has 0 saturated carbocycles. The molecular formula is C20H17BrN2O4S. The number of Topliss-reactive ketones (excluding diaryl/α,β-unsaturated/α-hetero) is 1. The molecule has 0 fully saturated rings. The van der Waals surface area contributed by atoms with E-state index in [9.17, 15) is 9.59 Å². The summed E-state index contributed by atoms with van der Waals surface area (Å²) >= 11 is 4.52. The fourth-order valence-corrected chi connectivity index (χ4v) is 4.00. The quantitative estimate of drug-likeness (QED) is 0.521. The Balaban J connectivity index is 1.94. The molecule has 0 saturated heterocycles. The SMILES string of the molecule is COc1cc(C(=O)Nc2nc(-c3ccccc3)c(C(C)=O)s2)cc(OC)c1Br. The summed E-state index contributed by atoms with van der Waals surface area (Å²) in [6.07, 6.45) is 0. The van der Waals surface area contributed by atoms with E-state index >= 15 is 0 Å². The second kappa shape index (κ2) is 8.53. The summed E-state index contributed by atoms with van der Waals surface area (Å²) in [5.41, 5.74) is 1.72. The van der Waals surface area contributed by atoms with Crippen molar-refractivity contribution in [3.05, 3.63) is 57.4 Å². The number of carbonyl (C=O) groups is 2. The van der Waals surface area contributed by atoms with Crippen molar-refractivity contribution < 1.29 is 19.1 Å². The lowest BCUT2D eigenvalue weighted by atomic mass is 10.1. The average molecular weight is 461 g/mol. The first-order valence-corrected chi connectivity index (χ1v) is 9.85. The normalized spacial score (nSPS) is 10.4. The monoisotopic (exact) mass is 460 g/mol. The molecule has 0 aliphatic carbocycles. The molecule has 1 amide bonds. The lowest BCUT2D eigenvalue weighted by Crippen LogP contribution is -2.12. The number of halogens is 1. The number of hydrogen-bond acceptors (Lipinski definition) is 6. The molecule has 0 unspecified atom stereocenters. The number of aromatic nitrogens is 1. The summed E-state index contributed by atoms with van der Waals surface area (Å²) in [6, 6.07) is 12.6. The number of ketones is 1. The van der Waals surface area contributed by atoms with Gasteiger partial charge in [-0.25, -0.2) is 4.98 Å². The Morgan fingerprint density at radius 3 is 2.21 bits per heavy atom. The van der Waals surface area contributed by atoms with Gasteiger partial charge >= 0.3 is 0 Å². The van der Waals surface area contributed by atoms with Crippen LogP contribution in [0.15, 0.2) is 46.9 Å². The van der Waals surface area contributed by atoms with Crippen LogP contribution in [0.2, 0.25) is 0 Å². The van der Waals surface area contributed by atoms with Gasteiger partial charge in [0.15, 0.2) is 10.9 Å². The maximum Gasteiger partial charge on any atom is 0.257 e. The number of nitrogens with zero attached hydrogens (tertiary/aromatic N) is 1. The Labute approximate surface area is 174 Å². The molecule has 0 bridgehead atoms. The predicted molar refractivity (Wildman–Crippen MR) is 113 cm³/mol. The Kier molecular flexibility index (Phi) is 6.11. The average Bonchev–Trinajstić information content (AvgIpc) is 3.13. The van der Waals surface area contributed by atoms with Crippen molar-refractivity contribution in [3.63, 3.8) is 0 Å². The van der Waals surface area contributed by atoms with E-state index in [0.717, 1.165) is 16.9 Å². The molecule has 1 heterocycles. The van der Waals surface area contributed by atoms with Crippen LogP contribution in [0.3, 0.4) is 0 Å². The molecule has 28 heavy (non-hydrogen) atoms. The van der Waals surface area contributed by atoms with E-state index in [0.29, 0.717) is 37.2 Å². The number of carbonyl (C=O) groups excluding carboxylic acids is 2. The molecular weight excluding hydrogens is 444 g/mol. The minimum absolute atomic E-state index is 0.108. The van der Waals surface area contributed by atoms with Gasteiger partial charge in [-0.3, -0.25) is 14.9 Å². The largest absolute Gasteiger partial charge is 0.495 e. The number of amides is 1. The van der Waals surface area contributed by atoms with Crippen LogP contribution in [0.25, 0.3) is 11.3 Å². The lowest BCUT2D eigenvalue weighted by Gasteiger charge is -2.11. The molecule has 2 aromatic carbocycles. The van der Waals surface area contributed by atoms with Crippen molar-refractivity contribution >= 4 is 44.1 Å². The fourth-order valence-electron chi connectivity index (χ4n) is 2.57. The van der Waals surface area contributed by atoms with E-state index in [1.165, 1.54) is 21.1 Å². The summed E-state index contributed by atoms with van der Waals surface area (Å²) in [5.74, 6) is 0.451. The molecule has 0 aliphatic rings. The Bertz CT molecular complexity index is 1010. The Morgan fingerprint density at radius 1 is 1.07 bits per heavy atom. The summed E-state index contributed by atoms with van der Waals surface area (Å²) in [5, 5.41) is 3.10. The zero-order valence-electron chi connectivity index (χ0n) is 15.4. The highest BCUT2D eigenvalue weighted by molar-refractivity contribution is 9.10. The van der Waals surface area contributed by atoms with Crippen molar-refractivity contribution in [1.29, 1.82) is 0 Å². The van der Waals surface area contributed by atoms with Crippen LogP contribution in [0.1, 0.15) is 27.0 Å². The van der Waals surface area contributed by atoms with Crippen molar-refractivity contribution in [1.82, 2.24) is 4.98 Å². The summed E-state index contributed by atoms with van der Waals surface area (Å²) in [7, 11) is 3.01. The molecule has 1 aromatic heterocycles. The fraction of sp³-hybridized carbons (Fsp3) is 0.150. The zero-order chi connectivity index (χ0) is 20.3. The van der Waals surface area contributed by atoms with E-state index in [4.69, 9.17) is 9.47 Å². The van der Waals surface area contributed by atoms with Crippen molar-refractivity contribution in [2.45, 2.75) is 6.92 Å². The third kappa shape index (κ3) is 4.07. The molecule has 8 heteroatoms. The number of rotatable bonds is 6. The maximum absolute atomic E-state index is 12.7. The van der Waals surface area contributed by atoms with Gasteiger partial charge in [0.1, 0.15) is 16.0 Å². The molecule has 0 aliphatic heterocycles. The number of nitrogens with one attached hydrogen (secondary N) is 1. The van der Waals surface area contributed by atoms with Crippen molar-refractivity contribution in [2.24, 2.45) is 0 Å². The van der Waals surface area contributed by atoms with Crippen molar-refractivity contribution in [3.8, 4) is 22.8 Å². The van der Waals surface area contributed by atoms with E-state index in [2.05, 4.69) is 26.2 Å². The van der Waals surface area contributed by atoms with Gasteiger partial charge in [0.05, 0.1) is 24.8 Å². The molecule has 1 N–H and O–H groups in total. The van der Waals surface area contributed by atoms with Crippen molar-refractivity contribution in [2.75, 3.05) is 19.5 Å². The minimum Gasteiger partial charge on any atom is -0.495 e. The third-order valence-corrected chi connectivity index (χ3v) is 5.78. The van der Waals surface area contributed by atoms with E-state index in [1.54, 1.807) is 12.1 Å². The third-order valence-electron chi connectivity index (χ3n) is 3.92. The standard InChI is InChI=1S/C20H17BrN2O4S/c1-11(24)18-17(12-7-5-4-6-8-12)22-20(28-18)23-19(25)13-9-14(26-2)16(21)15(10-13)27-3/h4-10H,1-3H3,(H,22,23,25). The van der Waals surface area contributed by atoms with Gasteiger partial charge in [0.25, 0.3) is 5.91 Å². The van der Waals surface area contributed by atoms with Crippen LogP contribution >= 0.6 is 27.3 Å². The van der Waals surface area contributed by atoms with Gasteiger partial charge in [-0.05, 0) is 28.1 Å². The number of methoxy groups -OCH3 is 2. The highest BCUT2D eigenvalue weighted by Gasteiger charge is 2.20. The minimum atomic E-state index is -0.382. The molecule has 144 valence electrons. The second-order valence-corrected chi connectivity index (χ2v) is 7.56. The first-order valence-electron chi connectivity index (χ1n) is 8.24. The van der Waals surface area contributed by atoms with E-state index in [-0.39, 0.29) is 11.7 Å². The first kappa shape index (κ1) is 20.0. The summed E-state index contributed by atoms with van der Waals surface area (Å²) < 4.78 is 11.2. The molecule has 0 spiro atoms. The van der Waals surface area contributed by atoms with Gasteiger partial charge < -0.3 is 9.47 Å². The predicted octanol–water partition coefficient (Wildman–Crippen LogP) is 5.04. The highest BCUT2D eigenvalue weighted by atomic mass is 79.9. The van der Waals surface area contributed by atoms with Crippen LogP contribution in [0.4, 0.5) is 5.13 Å². The number of ether oxygens (including phenoxy) is 2. The summed E-state index contributed by atoms with van der Waals surface area (Å²) in [6.45, 7) is 1.48. The maximum atomic E-state index is 12.7. The molecule has 6 nitrogen and oxygen atoms in total. The van der Waals surface area contributed by atoms with Crippen LogP contribution < -0.4 is 14.8 Å². The molecule has 0 radical (unpaired) electrons. The van der Waals surface area contributed by atoms with E-state index in [1.807, 2.05) is 30.3 Å². The van der Waals surface area contributed by atoms with Crippen LogP contribution in [-0.4, -0.2) is 30.9 Å². The van der Waals surface area contributed by atoms with Crippen LogP contribution in [0.5, 0.6) is 11.5 Å². The topological polar surface area (TPSA) is 77.5 Å². The highest BCUT2D eigenvalue weighted by Crippen LogP contribution is 2.36. The van der Waals surface area contributed by atoms with Crippen LogP contribution in [0, 0.1) is 0 Å². The van der Waals surface area contributed by atoms with Gasteiger partial charge in [-0.15, -0.1) is 0 Å². The van der Waals surface area contributed by atoms with E-state index < -0.39 is 0 Å². The van der Waals surface area contributed by atoms with Crippen LogP contribution in [-0.2, 0) is 0 Å². The Hall–Kier alpha value is -2.71. The number of hydrogen-bond donors (Lipinski definition) is 1. The molecule has 3 rings (SSSR count). The van der Waals surface area contributed by atoms with Gasteiger partial charge in [-0.1, -0.05) is 41.7 Å². The number of benzene rings is 2. The Morgan fingerprint density at radius 2 is 1.68 bits per heavy atom. The lowest BCUT2D eigenvalue weighted by molar-refractivity contribution is 0.101. The zero-order valence-corrected chi connectivity index (χ0v) is 17.8. The van der Waals surface area contributed by atoms with Gasteiger partial charge in [0.2, 0.25) is 0 Å². The van der Waals surface area contributed by atoms with Gasteiger partial charge in [-0.2, -0.15) is 0 Å². The first-order chi connectivity index (χ1) is 13.4. The number of thiazole rings is 1. The number of anilines is 1. The molecule has 0 atom stereocenters.